The van der Waals surface area contributed by atoms with Gasteiger partial charge in [-0.05, 0) is 12.5 Å². The van der Waals surface area contributed by atoms with Crippen LogP contribution in [0.1, 0.15) is 29.3 Å². The highest BCUT2D eigenvalue weighted by Gasteiger charge is 2.18. The van der Waals surface area contributed by atoms with Crippen LogP contribution in [0.3, 0.4) is 0 Å². The maximum atomic E-state index is 12.7. The zero-order valence-electron chi connectivity index (χ0n) is 15.8. The number of ether oxygens (including phenoxy) is 1. The third-order valence-corrected chi connectivity index (χ3v) is 4.16. The van der Waals surface area contributed by atoms with Crippen LogP contribution in [0.2, 0.25) is 0 Å². The third kappa shape index (κ3) is 5.07. The van der Waals surface area contributed by atoms with Crippen LogP contribution in [0.5, 0.6) is 0 Å². The van der Waals surface area contributed by atoms with Gasteiger partial charge < -0.3 is 10.1 Å². The molecule has 0 saturated heterocycles. The number of hydrogen-bond acceptors (Lipinski definition) is 4. The zero-order valence-corrected chi connectivity index (χ0v) is 15.8. The fourth-order valence-corrected chi connectivity index (χ4v) is 2.85. The van der Waals surface area contributed by atoms with Gasteiger partial charge in [-0.15, -0.1) is 0 Å². The molecule has 1 heterocycles. The Morgan fingerprint density at radius 2 is 1.71 bits per heavy atom. The summed E-state index contributed by atoms with van der Waals surface area (Å²) in [5.74, 6) is -0.590. The van der Waals surface area contributed by atoms with Gasteiger partial charge in [0.1, 0.15) is 5.69 Å². The Hall–Kier alpha value is -3.41. The van der Waals surface area contributed by atoms with E-state index in [2.05, 4.69) is 10.4 Å². The molecule has 0 spiro atoms. The summed E-state index contributed by atoms with van der Waals surface area (Å²) in [5, 5.41) is 7.42. The Morgan fingerprint density at radius 1 is 1.04 bits per heavy atom. The molecule has 6 nitrogen and oxygen atoms in total. The van der Waals surface area contributed by atoms with E-state index in [0.29, 0.717) is 24.4 Å². The topological polar surface area (TPSA) is 73.2 Å². The van der Waals surface area contributed by atoms with Gasteiger partial charge in [-0.3, -0.25) is 14.3 Å². The Morgan fingerprint density at radius 3 is 2.39 bits per heavy atom. The van der Waals surface area contributed by atoms with E-state index in [0.717, 1.165) is 11.1 Å². The second kappa shape index (κ2) is 9.50. The van der Waals surface area contributed by atoms with Crippen molar-refractivity contribution in [3.8, 4) is 11.3 Å². The van der Waals surface area contributed by atoms with Crippen molar-refractivity contribution >= 4 is 11.9 Å². The molecule has 3 rings (SSSR count). The number of rotatable bonds is 8. The van der Waals surface area contributed by atoms with Crippen molar-refractivity contribution in [3.63, 3.8) is 0 Å². The molecule has 0 radical (unpaired) electrons. The minimum Gasteiger partial charge on any atom is -0.466 e. The molecule has 0 unspecified atom stereocenters. The van der Waals surface area contributed by atoms with Gasteiger partial charge in [-0.25, -0.2) is 0 Å². The highest BCUT2D eigenvalue weighted by Crippen LogP contribution is 2.22. The number of benzene rings is 2. The molecule has 0 saturated carbocycles. The first kappa shape index (κ1) is 19.4. The normalized spacial score (nSPS) is 10.5. The van der Waals surface area contributed by atoms with E-state index in [-0.39, 0.29) is 24.8 Å². The Kier molecular flexibility index (Phi) is 6.57. The summed E-state index contributed by atoms with van der Waals surface area (Å²) >= 11 is 0. The van der Waals surface area contributed by atoms with E-state index in [1.807, 2.05) is 60.7 Å². The van der Waals surface area contributed by atoms with Crippen molar-refractivity contribution in [1.29, 1.82) is 0 Å². The number of carbonyl (C=O) groups excluding carboxylic acids is 2. The van der Waals surface area contributed by atoms with E-state index in [9.17, 15) is 9.59 Å². The summed E-state index contributed by atoms with van der Waals surface area (Å²) in [5.41, 5.74) is 3.06. The van der Waals surface area contributed by atoms with Crippen molar-refractivity contribution < 1.29 is 14.3 Å². The van der Waals surface area contributed by atoms with Crippen LogP contribution in [-0.2, 0) is 16.1 Å². The van der Waals surface area contributed by atoms with Crippen LogP contribution in [0.15, 0.2) is 66.9 Å². The largest absolute Gasteiger partial charge is 0.466 e. The first-order chi connectivity index (χ1) is 13.7. The lowest BCUT2D eigenvalue weighted by molar-refractivity contribution is -0.142. The summed E-state index contributed by atoms with van der Waals surface area (Å²) < 4.78 is 6.65. The van der Waals surface area contributed by atoms with Crippen molar-refractivity contribution in [2.45, 2.75) is 19.9 Å². The van der Waals surface area contributed by atoms with Gasteiger partial charge >= 0.3 is 5.97 Å². The van der Waals surface area contributed by atoms with E-state index in [4.69, 9.17) is 4.74 Å². The Bertz CT molecular complexity index is 921. The van der Waals surface area contributed by atoms with Crippen molar-refractivity contribution in [2.24, 2.45) is 0 Å². The molecule has 0 aliphatic rings. The van der Waals surface area contributed by atoms with E-state index >= 15 is 0 Å². The summed E-state index contributed by atoms with van der Waals surface area (Å²) in [6.07, 6.45) is 1.88. The highest BCUT2D eigenvalue weighted by molar-refractivity contribution is 5.99. The lowest BCUT2D eigenvalue weighted by Gasteiger charge is -2.05. The molecule has 0 bridgehead atoms. The fraction of sp³-hybridized carbons (Fsp3) is 0.227. The van der Waals surface area contributed by atoms with Crippen LogP contribution in [-0.4, -0.2) is 34.8 Å². The van der Waals surface area contributed by atoms with E-state index < -0.39 is 0 Å². The Labute approximate surface area is 164 Å². The molecular weight excluding hydrogens is 354 g/mol. The van der Waals surface area contributed by atoms with Crippen LogP contribution in [0.25, 0.3) is 11.3 Å². The average Bonchev–Trinajstić information content (AvgIpc) is 3.13. The molecule has 28 heavy (non-hydrogen) atoms. The summed E-state index contributed by atoms with van der Waals surface area (Å²) in [6.45, 7) is 2.87. The second-order valence-corrected chi connectivity index (χ2v) is 6.25. The quantitative estimate of drug-likeness (QED) is 0.612. The molecule has 6 heteroatoms. The Balaban J connectivity index is 1.79. The van der Waals surface area contributed by atoms with Gasteiger partial charge in [0.05, 0.1) is 25.1 Å². The molecule has 3 aromatic rings. The molecular formula is C22H23N3O3. The van der Waals surface area contributed by atoms with Crippen LogP contribution in [0.4, 0.5) is 0 Å². The molecule has 0 atom stereocenters. The number of amides is 1. The maximum Gasteiger partial charge on any atom is 0.307 e. The lowest BCUT2D eigenvalue weighted by atomic mass is 10.1. The van der Waals surface area contributed by atoms with Gasteiger partial charge in [0, 0.05) is 18.3 Å². The zero-order chi connectivity index (χ0) is 19.8. The minimum atomic E-state index is -0.328. The van der Waals surface area contributed by atoms with E-state index in [1.165, 1.54) is 0 Å². The van der Waals surface area contributed by atoms with Gasteiger partial charge in [-0.2, -0.15) is 5.10 Å². The molecule has 144 valence electrons. The van der Waals surface area contributed by atoms with Crippen LogP contribution < -0.4 is 5.32 Å². The predicted octanol–water partition coefficient (Wildman–Crippen LogP) is 3.28. The smallest absolute Gasteiger partial charge is 0.307 e. The average molecular weight is 377 g/mol. The second-order valence-electron chi connectivity index (χ2n) is 6.25. The number of hydrogen-bond donors (Lipinski definition) is 1. The van der Waals surface area contributed by atoms with Crippen LogP contribution >= 0.6 is 0 Å². The summed E-state index contributed by atoms with van der Waals surface area (Å²) in [4.78, 5) is 24.2. The molecule has 2 aromatic carbocycles. The summed E-state index contributed by atoms with van der Waals surface area (Å²) in [6, 6.07) is 19.5. The van der Waals surface area contributed by atoms with Crippen molar-refractivity contribution in [3.05, 3.63) is 78.0 Å². The monoisotopic (exact) mass is 377 g/mol. The number of nitrogens with one attached hydrogen (secondary N) is 1. The maximum absolute atomic E-state index is 12.7. The predicted molar refractivity (Wildman–Crippen MR) is 107 cm³/mol. The van der Waals surface area contributed by atoms with Crippen molar-refractivity contribution in [2.75, 3.05) is 13.2 Å². The van der Waals surface area contributed by atoms with Gasteiger partial charge in [-0.1, -0.05) is 60.7 Å². The number of aromatic nitrogens is 2. The first-order valence-electron chi connectivity index (χ1n) is 9.28. The van der Waals surface area contributed by atoms with E-state index in [1.54, 1.807) is 17.8 Å². The minimum absolute atomic E-state index is 0.137. The fourth-order valence-electron chi connectivity index (χ4n) is 2.85. The van der Waals surface area contributed by atoms with Gasteiger partial charge in [0.25, 0.3) is 5.91 Å². The standard InChI is InChI=1S/C22H23N3O3/c1-2-28-20(26)13-14-23-22(27)19-16-25(15-17-9-5-3-6-10-17)24-21(19)18-11-7-4-8-12-18/h3-12,16H,2,13-15H2,1H3,(H,23,27). The summed E-state index contributed by atoms with van der Waals surface area (Å²) in [7, 11) is 0. The molecule has 1 aromatic heterocycles. The number of esters is 1. The molecule has 0 aliphatic carbocycles. The first-order valence-corrected chi connectivity index (χ1v) is 9.28. The van der Waals surface area contributed by atoms with Gasteiger partial charge in [0.2, 0.25) is 0 Å². The number of carbonyl (C=O) groups is 2. The molecule has 1 amide bonds. The SMILES string of the molecule is CCOC(=O)CCNC(=O)c1cn(Cc2ccccc2)nc1-c1ccccc1. The highest BCUT2D eigenvalue weighted by atomic mass is 16.5. The van der Waals surface area contributed by atoms with Crippen LogP contribution in [0, 0.1) is 0 Å². The lowest BCUT2D eigenvalue weighted by Crippen LogP contribution is -2.26. The molecule has 0 aliphatic heterocycles. The van der Waals surface area contributed by atoms with Crippen molar-refractivity contribution in [1.82, 2.24) is 15.1 Å². The molecule has 0 fully saturated rings. The van der Waals surface area contributed by atoms with Gasteiger partial charge in [0.15, 0.2) is 0 Å². The molecule has 1 N–H and O–H groups in total. The third-order valence-electron chi connectivity index (χ3n) is 4.16. The number of nitrogens with zero attached hydrogens (tertiary/aromatic N) is 2.